The van der Waals surface area contributed by atoms with E-state index in [1.807, 2.05) is 30.3 Å². The van der Waals surface area contributed by atoms with Crippen molar-refractivity contribution < 1.29 is 9.47 Å². The third-order valence-electron chi connectivity index (χ3n) is 3.87. The van der Waals surface area contributed by atoms with Crippen molar-refractivity contribution in [1.82, 2.24) is 14.4 Å². The Hall–Kier alpha value is -2.93. The molecule has 0 spiro atoms. The van der Waals surface area contributed by atoms with Gasteiger partial charge >= 0.3 is 0 Å². The number of nitrogens with zero attached hydrogens (tertiary/aromatic N) is 3. The molecule has 1 aliphatic heterocycles. The van der Waals surface area contributed by atoms with Crippen LogP contribution in [0.4, 0.5) is 0 Å². The Morgan fingerprint density at radius 2 is 2.00 bits per heavy atom. The lowest BCUT2D eigenvalue weighted by Gasteiger charge is -2.17. The van der Waals surface area contributed by atoms with E-state index in [0.29, 0.717) is 34.2 Å². The van der Waals surface area contributed by atoms with Crippen LogP contribution >= 0.6 is 11.3 Å². The van der Waals surface area contributed by atoms with E-state index in [4.69, 9.17) is 9.47 Å². The van der Waals surface area contributed by atoms with Crippen molar-refractivity contribution in [3.8, 4) is 11.5 Å². The van der Waals surface area contributed by atoms with E-state index in [1.54, 1.807) is 16.7 Å². The number of rotatable bonds is 1. The van der Waals surface area contributed by atoms with Gasteiger partial charge in [-0.05, 0) is 18.2 Å². The van der Waals surface area contributed by atoms with Crippen LogP contribution in [0.5, 0.6) is 11.5 Å². The number of fused-ring (bicyclic) bond motifs is 4. The van der Waals surface area contributed by atoms with Gasteiger partial charge in [0.15, 0.2) is 16.5 Å². The molecule has 5 rings (SSSR count). The maximum absolute atomic E-state index is 12.8. The Bertz CT molecular complexity index is 1180. The first-order valence-corrected chi connectivity index (χ1v) is 8.29. The minimum absolute atomic E-state index is 0.0974. The van der Waals surface area contributed by atoms with Crippen molar-refractivity contribution in [3.05, 3.63) is 57.1 Å². The molecule has 0 aliphatic carbocycles. The summed E-state index contributed by atoms with van der Waals surface area (Å²) in [7, 11) is 0. The van der Waals surface area contributed by atoms with Gasteiger partial charge in [-0.25, -0.2) is 9.38 Å². The van der Waals surface area contributed by atoms with E-state index in [-0.39, 0.29) is 5.56 Å². The molecule has 0 saturated carbocycles. The first kappa shape index (κ1) is 13.5. The van der Waals surface area contributed by atoms with Crippen LogP contribution in [0.1, 0.15) is 5.69 Å². The maximum atomic E-state index is 12.8. The van der Waals surface area contributed by atoms with Crippen molar-refractivity contribution in [2.75, 3.05) is 13.2 Å². The molecular formula is C17H11N3O3S. The van der Waals surface area contributed by atoms with Crippen molar-refractivity contribution in [3.63, 3.8) is 0 Å². The highest BCUT2D eigenvalue weighted by molar-refractivity contribution is 7.15. The minimum Gasteiger partial charge on any atom is -0.486 e. The number of hydrogen-bond donors (Lipinski definition) is 0. The van der Waals surface area contributed by atoms with E-state index < -0.39 is 0 Å². The minimum atomic E-state index is -0.0974. The van der Waals surface area contributed by atoms with Crippen molar-refractivity contribution in [2.45, 2.75) is 0 Å². The molecule has 118 valence electrons. The second-order valence-electron chi connectivity index (χ2n) is 5.38. The summed E-state index contributed by atoms with van der Waals surface area (Å²) in [4.78, 5) is 22.2. The lowest BCUT2D eigenvalue weighted by atomic mass is 10.2. The average molecular weight is 337 g/mol. The standard InChI is InChI=1S/C17H11N3O3S/c21-16-15(7-10-3-1-2-4-18-10)24-17-19-11-8-13-14(23-6-5-22-13)9-12(11)20(16)17/h1-4,7-9H,5-6H2. The summed E-state index contributed by atoms with van der Waals surface area (Å²) in [5.41, 5.74) is 2.11. The van der Waals surface area contributed by atoms with Gasteiger partial charge in [0.05, 0.1) is 21.3 Å². The molecule has 0 unspecified atom stereocenters. The highest BCUT2D eigenvalue weighted by Gasteiger charge is 2.18. The molecule has 3 aromatic heterocycles. The molecule has 4 aromatic rings. The highest BCUT2D eigenvalue weighted by Crippen LogP contribution is 2.34. The third-order valence-corrected chi connectivity index (χ3v) is 4.84. The van der Waals surface area contributed by atoms with E-state index in [1.165, 1.54) is 11.3 Å². The zero-order chi connectivity index (χ0) is 16.1. The van der Waals surface area contributed by atoms with Crippen LogP contribution in [0.25, 0.3) is 22.1 Å². The van der Waals surface area contributed by atoms with Gasteiger partial charge in [0, 0.05) is 18.3 Å². The number of hydrogen-bond acceptors (Lipinski definition) is 6. The van der Waals surface area contributed by atoms with Gasteiger partial charge in [-0.2, -0.15) is 0 Å². The molecule has 1 aliphatic rings. The molecule has 0 bridgehead atoms. The maximum Gasteiger partial charge on any atom is 0.275 e. The van der Waals surface area contributed by atoms with Crippen molar-refractivity contribution >= 4 is 33.4 Å². The van der Waals surface area contributed by atoms with Gasteiger partial charge in [-0.1, -0.05) is 17.4 Å². The molecule has 0 radical (unpaired) electrons. The Morgan fingerprint density at radius 3 is 2.79 bits per heavy atom. The predicted molar refractivity (Wildman–Crippen MR) is 90.9 cm³/mol. The number of pyridine rings is 1. The number of imidazole rings is 1. The summed E-state index contributed by atoms with van der Waals surface area (Å²) in [5, 5.41) is 0. The summed E-state index contributed by atoms with van der Waals surface area (Å²) in [6.45, 7) is 1.03. The Morgan fingerprint density at radius 1 is 1.17 bits per heavy atom. The van der Waals surface area contributed by atoms with Crippen LogP contribution in [0.3, 0.4) is 0 Å². The Balaban J connectivity index is 1.78. The normalized spacial score (nSPS) is 14.6. The van der Waals surface area contributed by atoms with Crippen LogP contribution in [0.15, 0.2) is 41.3 Å². The monoisotopic (exact) mass is 337 g/mol. The number of thiazole rings is 1. The number of aromatic nitrogens is 3. The van der Waals surface area contributed by atoms with Gasteiger partial charge in [0.25, 0.3) is 5.56 Å². The fourth-order valence-electron chi connectivity index (χ4n) is 2.80. The van der Waals surface area contributed by atoms with E-state index >= 15 is 0 Å². The Kier molecular flexibility index (Phi) is 2.83. The SMILES string of the molecule is O=c1c(=Cc2ccccn2)sc2nc3cc4c(cc3n12)OCCO4. The van der Waals surface area contributed by atoms with Crippen molar-refractivity contribution in [2.24, 2.45) is 0 Å². The second kappa shape index (κ2) is 5.04. The topological polar surface area (TPSA) is 65.7 Å². The van der Waals surface area contributed by atoms with Gasteiger partial charge in [0.1, 0.15) is 13.2 Å². The predicted octanol–water partition coefficient (Wildman–Crippen LogP) is 1.62. The molecule has 0 amide bonds. The molecule has 24 heavy (non-hydrogen) atoms. The molecule has 0 fully saturated rings. The number of benzene rings is 1. The first-order valence-electron chi connectivity index (χ1n) is 7.47. The van der Waals surface area contributed by atoms with Crippen LogP contribution in [0, 0.1) is 0 Å². The Labute approximate surface area is 139 Å². The molecule has 7 heteroatoms. The van der Waals surface area contributed by atoms with E-state index in [2.05, 4.69) is 9.97 Å². The summed E-state index contributed by atoms with van der Waals surface area (Å²) in [6, 6.07) is 9.24. The van der Waals surface area contributed by atoms with E-state index in [9.17, 15) is 4.79 Å². The lowest BCUT2D eigenvalue weighted by Crippen LogP contribution is -2.23. The summed E-state index contributed by atoms with van der Waals surface area (Å²) < 4.78 is 13.4. The van der Waals surface area contributed by atoms with Gasteiger partial charge in [-0.15, -0.1) is 0 Å². The smallest absolute Gasteiger partial charge is 0.275 e. The van der Waals surface area contributed by atoms with Crippen molar-refractivity contribution in [1.29, 1.82) is 0 Å². The number of ether oxygens (including phenoxy) is 2. The van der Waals surface area contributed by atoms with Gasteiger partial charge < -0.3 is 9.47 Å². The summed E-state index contributed by atoms with van der Waals surface area (Å²) >= 11 is 1.35. The van der Waals surface area contributed by atoms with Gasteiger partial charge in [0.2, 0.25) is 0 Å². The first-order chi connectivity index (χ1) is 11.8. The van der Waals surface area contributed by atoms with Gasteiger partial charge in [-0.3, -0.25) is 9.78 Å². The summed E-state index contributed by atoms with van der Waals surface area (Å²) in [6.07, 6.45) is 3.49. The average Bonchev–Trinajstić information content (AvgIpc) is 3.10. The third kappa shape index (κ3) is 1.98. The fraction of sp³-hybridized carbons (Fsp3) is 0.118. The van der Waals surface area contributed by atoms with Crippen LogP contribution in [0.2, 0.25) is 0 Å². The lowest BCUT2D eigenvalue weighted by molar-refractivity contribution is 0.172. The van der Waals surface area contributed by atoms with Crippen LogP contribution in [-0.4, -0.2) is 27.6 Å². The molecule has 0 atom stereocenters. The fourth-order valence-corrected chi connectivity index (χ4v) is 3.77. The molecule has 1 aromatic carbocycles. The zero-order valence-electron chi connectivity index (χ0n) is 12.4. The molecule has 4 heterocycles. The van der Waals surface area contributed by atoms with Crippen LogP contribution < -0.4 is 19.6 Å². The quantitative estimate of drug-likeness (QED) is 0.528. The largest absolute Gasteiger partial charge is 0.486 e. The molecular weight excluding hydrogens is 326 g/mol. The van der Waals surface area contributed by atoms with Crippen LogP contribution in [-0.2, 0) is 0 Å². The molecule has 0 N–H and O–H groups in total. The molecule has 0 saturated heterocycles. The zero-order valence-corrected chi connectivity index (χ0v) is 13.2. The highest BCUT2D eigenvalue weighted by atomic mass is 32.1. The summed E-state index contributed by atoms with van der Waals surface area (Å²) in [5.74, 6) is 1.32. The van der Waals surface area contributed by atoms with E-state index in [0.717, 1.165) is 16.7 Å². The molecule has 6 nitrogen and oxygen atoms in total. The second-order valence-corrected chi connectivity index (χ2v) is 6.39.